The van der Waals surface area contributed by atoms with Gasteiger partial charge >= 0.3 is 12.0 Å². The number of benzene rings is 1. The van der Waals surface area contributed by atoms with Crippen molar-refractivity contribution in [2.75, 3.05) is 18.5 Å². The van der Waals surface area contributed by atoms with E-state index < -0.39 is 5.97 Å². The van der Waals surface area contributed by atoms with Gasteiger partial charge in [0.25, 0.3) is 0 Å². The van der Waals surface area contributed by atoms with Crippen molar-refractivity contribution in [3.05, 3.63) is 29.8 Å². The molecule has 1 aliphatic rings. The fraction of sp³-hybridized carbons (Fsp3) is 0.400. The lowest BCUT2D eigenvalue weighted by Gasteiger charge is -2.29. The zero-order valence-corrected chi connectivity index (χ0v) is 11.8. The number of likely N-dealkylation sites (tertiary alicyclic amines) is 1. The van der Waals surface area contributed by atoms with Crippen LogP contribution in [-0.2, 0) is 4.79 Å². The molecule has 0 bridgehead atoms. The number of rotatable bonds is 3. The van der Waals surface area contributed by atoms with Crippen LogP contribution in [0.2, 0.25) is 0 Å². The lowest BCUT2D eigenvalue weighted by molar-refractivity contribution is -0.137. The standard InChI is InChI=1S/C15H17N3O3/c1-17(12-5-2-4-11(8-12)10-16)15(21)18-7-3-6-13(18)9-14(19)20/h2,4-5,8,13H,3,6-7,9H2,1H3,(H,19,20). The number of carbonyl (C=O) groups excluding carboxylic acids is 1. The molecule has 6 nitrogen and oxygen atoms in total. The molecule has 1 aromatic rings. The summed E-state index contributed by atoms with van der Waals surface area (Å²) in [5, 5.41) is 17.8. The molecule has 1 aliphatic heterocycles. The molecule has 1 N–H and O–H groups in total. The number of aliphatic carboxylic acids is 1. The fourth-order valence-electron chi connectivity index (χ4n) is 2.59. The Balaban J connectivity index is 2.14. The van der Waals surface area contributed by atoms with Crippen LogP contribution in [-0.4, -0.2) is 41.6 Å². The van der Waals surface area contributed by atoms with Crippen LogP contribution in [0.4, 0.5) is 10.5 Å². The van der Waals surface area contributed by atoms with E-state index in [1.165, 1.54) is 4.90 Å². The quantitative estimate of drug-likeness (QED) is 0.922. The third-order valence-electron chi connectivity index (χ3n) is 3.68. The lowest BCUT2D eigenvalue weighted by Crippen LogP contribution is -2.44. The van der Waals surface area contributed by atoms with Crippen LogP contribution in [0.5, 0.6) is 0 Å². The van der Waals surface area contributed by atoms with Crippen molar-refractivity contribution in [3.8, 4) is 6.07 Å². The molecule has 1 fully saturated rings. The predicted molar refractivity (Wildman–Crippen MR) is 76.9 cm³/mol. The minimum Gasteiger partial charge on any atom is -0.481 e. The molecule has 1 heterocycles. The number of hydrogen-bond acceptors (Lipinski definition) is 3. The molecule has 21 heavy (non-hydrogen) atoms. The van der Waals surface area contributed by atoms with E-state index in [0.29, 0.717) is 24.2 Å². The predicted octanol–water partition coefficient (Wildman–Crippen LogP) is 2.05. The van der Waals surface area contributed by atoms with Gasteiger partial charge in [-0.2, -0.15) is 5.26 Å². The van der Waals surface area contributed by atoms with Crippen molar-refractivity contribution in [3.63, 3.8) is 0 Å². The highest BCUT2D eigenvalue weighted by Gasteiger charge is 2.32. The smallest absolute Gasteiger partial charge is 0.324 e. The minimum atomic E-state index is -0.895. The molecule has 0 aromatic heterocycles. The molecule has 1 atom stereocenters. The van der Waals surface area contributed by atoms with Crippen LogP contribution < -0.4 is 4.90 Å². The molecule has 110 valence electrons. The van der Waals surface area contributed by atoms with E-state index in [-0.39, 0.29) is 18.5 Å². The Labute approximate surface area is 123 Å². The number of nitrogens with zero attached hydrogens (tertiary/aromatic N) is 3. The summed E-state index contributed by atoms with van der Waals surface area (Å²) in [5.41, 5.74) is 1.11. The van der Waals surface area contributed by atoms with Gasteiger partial charge in [0.15, 0.2) is 0 Å². The summed E-state index contributed by atoms with van der Waals surface area (Å²) in [6.45, 7) is 0.569. The maximum absolute atomic E-state index is 12.5. The van der Waals surface area contributed by atoms with Gasteiger partial charge in [-0.3, -0.25) is 9.69 Å². The molecule has 1 saturated heterocycles. The Morgan fingerprint density at radius 1 is 1.52 bits per heavy atom. The molecule has 6 heteroatoms. The number of anilines is 1. The Morgan fingerprint density at radius 2 is 2.29 bits per heavy atom. The molecular weight excluding hydrogens is 270 g/mol. The van der Waals surface area contributed by atoms with E-state index >= 15 is 0 Å². The zero-order valence-electron chi connectivity index (χ0n) is 11.8. The number of carboxylic acids is 1. The zero-order chi connectivity index (χ0) is 15.4. The number of carbonyl (C=O) groups is 2. The first-order valence-electron chi connectivity index (χ1n) is 6.79. The number of nitriles is 1. The average Bonchev–Trinajstić information content (AvgIpc) is 2.93. The van der Waals surface area contributed by atoms with Crippen LogP contribution in [0.3, 0.4) is 0 Å². The van der Waals surface area contributed by atoms with E-state index in [9.17, 15) is 9.59 Å². The average molecular weight is 287 g/mol. The Hall–Kier alpha value is -2.55. The summed E-state index contributed by atoms with van der Waals surface area (Å²) in [6, 6.07) is 8.34. The van der Waals surface area contributed by atoms with Crippen molar-refractivity contribution in [1.29, 1.82) is 5.26 Å². The van der Waals surface area contributed by atoms with Crippen molar-refractivity contribution in [1.82, 2.24) is 4.90 Å². The van der Waals surface area contributed by atoms with Crippen molar-refractivity contribution < 1.29 is 14.7 Å². The van der Waals surface area contributed by atoms with E-state index in [1.807, 2.05) is 6.07 Å². The van der Waals surface area contributed by atoms with Gasteiger partial charge in [-0.1, -0.05) is 6.07 Å². The highest BCUT2D eigenvalue weighted by molar-refractivity contribution is 5.92. The summed E-state index contributed by atoms with van der Waals surface area (Å²) >= 11 is 0. The van der Waals surface area contributed by atoms with Crippen LogP contribution in [0, 0.1) is 11.3 Å². The monoisotopic (exact) mass is 287 g/mol. The summed E-state index contributed by atoms with van der Waals surface area (Å²) in [5.74, 6) is -0.895. The SMILES string of the molecule is CN(C(=O)N1CCCC1CC(=O)O)c1cccc(C#N)c1. The van der Waals surface area contributed by atoms with Crippen molar-refractivity contribution >= 4 is 17.7 Å². The van der Waals surface area contributed by atoms with Gasteiger partial charge in [0.05, 0.1) is 18.1 Å². The van der Waals surface area contributed by atoms with Gasteiger partial charge < -0.3 is 10.0 Å². The number of urea groups is 1. The van der Waals surface area contributed by atoms with E-state index in [4.69, 9.17) is 10.4 Å². The minimum absolute atomic E-state index is 0.0299. The highest BCUT2D eigenvalue weighted by Crippen LogP contribution is 2.24. The molecule has 1 unspecified atom stereocenters. The van der Waals surface area contributed by atoms with Crippen LogP contribution >= 0.6 is 0 Å². The summed E-state index contributed by atoms with van der Waals surface area (Å²) < 4.78 is 0. The van der Waals surface area contributed by atoms with Gasteiger partial charge in [0, 0.05) is 25.3 Å². The molecule has 2 rings (SSSR count). The number of carboxylic acid groups (broad SMARTS) is 1. The summed E-state index contributed by atoms with van der Waals surface area (Å²) in [7, 11) is 1.63. The highest BCUT2D eigenvalue weighted by atomic mass is 16.4. The molecule has 0 saturated carbocycles. The van der Waals surface area contributed by atoms with Gasteiger partial charge in [-0.05, 0) is 31.0 Å². The van der Waals surface area contributed by atoms with Crippen molar-refractivity contribution in [2.45, 2.75) is 25.3 Å². The second-order valence-corrected chi connectivity index (χ2v) is 5.09. The first kappa shape index (κ1) is 14.9. The van der Waals surface area contributed by atoms with Crippen LogP contribution in [0.15, 0.2) is 24.3 Å². The lowest BCUT2D eigenvalue weighted by atomic mass is 10.1. The van der Waals surface area contributed by atoms with Crippen molar-refractivity contribution in [2.24, 2.45) is 0 Å². The maximum Gasteiger partial charge on any atom is 0.324 e. The third-order valence-corrected chi connectivity index (χ3v) is 3.68. The number of amides is 2. The summed E-state index contributed by atoms with van der Waals surface area (Å²) in [6.07, 6.45) is 1.50. The second-order valence-electron chi connectivity index (χ2n) is 5.09. The Morgan fingerprint density at radius 3 is 2.95 bits per heavy atom. The van der Waals surface area contributed by atoms with E-state index in [1.54, 1.807) is 36.2 Å². The molecule has 0 aliphatic carbocycles. The van der Waals surface area contributed by atoms with Crippen LogP contribution in [0.25, 0.3) is 0 Å². The molecule has 2 amide bonds. The van der Waals surface area contributed by atoms with Crippen LogP contribution in [0.1, 0.15) is 24.8 Å². The van der Waals surface area contributed by atoms with E-state index in [0.717, 1.165) is 6.42 Å². The molecule has 0 spiro atoms. The topological polar surface area (TPSA) is 84.6 Å². The Kier molecular flexibility index (Phi) is 4.43. The van der Waals surface area contributed by atoms with Gasteiger partial charge in [0.1, 0.15) is 0 Å². The van der Waals surface area contributed by atoms with Gasteiger partial charge in [-0.15, -0.1) is 0 Å². The molecule has 0 radical (unpaired) electrons. The largest absolute Gasteiger partial charge is 0.481 e. The Bertz CT molecular complexity index is 594. The normalized spacial score (nSPS) is 17.3. The number of hydrogen-bond donors (Lipinski definition) is 1. The molecular formula is C15H17N3O3. The third kappa shape index (κ3) is 3.31. The van der Waals surface area contributed by atoms with Gasteiger partial charge in [0.2, 0.25) is 0 Å². The summed E-state index contributed by atoms with van der Waals surface area (Å²) in [4.78, 5) is 26.4. The fourth-order valence-corrected chi connectivity index (χ4v) is 2.59. The van der Waals surface area contributed by atoms with E-state index in [2.05, 4.69) is 0 Å². The van der Waals surface area contributed by atoms with Gasteiger partial charge in [-0.25, -0.2) is 4.79 Å². The molecule has 1 aromatic carbocycles. The second kappa shape index (κ2) is 6.27. The maximum atomic E-state index is 12.5. The first-order chi connectivity index (χ1) is 10.0. The first-order valence-corrected chi connectivity index (χ1v) is 6.79.